The van der Waals surface area contributed by atoms with Crippen molar-refractivity contribution < 1.29 is 19.1 Å². The molecule has 2 unspecified atom stereocenters. The number of halogens is 3. The van der Waals surface area contributed by atoms with Crippen LogP contribution in [0.5, 0.6) is 0 Å². The predicted molar refractivity (Wildman–Crippen MR) is 158 cm³/mol. The van der Waals surface area contributed by atoms with Gasteiger partial charge in [-0.1, -0.05) is 41.9 Å². The molecule has 7 nitrogen and oxygen atoms in total. The highest BCUT2D eigenvalue weighted by atomic mass is 35.5. The predicted octanol–water partition coefficient (Wildman–Crippen LogP) is 6.66. The number of nitrogens with one attached hydrogen (secondary N) is 2. The number of hydrogen-bond acceptors (Lipinski definition) is 4. The van der Waals surface area contributed by atoms with Crippen molar-refractivity contribution in [2.24, 2.45) is 17.8 Å². The van der Waals surface area contributed by atoms with Gasteiger partial charge in [-0.05, 0) is 86.2 Å². The Kier molecular flexibility index (Phi) is 7.26. The van der Waals surface area contributed by atoms with E-state index in [1.807, 2.05) is 4.57 Å². The number of carboxylic acids is 1. The second-order valence-electron chi connectivity index (χ2n) is 11.0. The summed E-state index contributed by atoms with van der Waals surface area (Å²) in [4.78, 5) is 30.7. The Morgan fingerprint density at radius 1 is 1.22 bits per heavy atom. The maximum Gasteiger partial charge on any atom is 0.335 e. The average molecular weight is 596 g/mol. The van der Waals surface area contributed by atoms with E-state index in [9.17, 15) is 14.7 Å². The molecule has 1 aliphatic heterocycles. The first-order chi connectivity index (χ1) is 19.7. The van der Waals surface area contributed by atoms with Gasteiger partial charge in [-0.3, -0.25) is 4.79 Å². The molecule has 2 aromatic carbocycles. The monoisotopic (exact) mass is 594 g/mol. The Morgan fingerprint density at radius 3 is 2.73 bits per heavy atom. The Bertz CT molecular complexity index is 1630. The van der Waals surface area contributed by atoms with Gasteiger partial charge in [0, 0.05) is 34.1 Å². The number of aromatic carboxylic acids is 1. The quantitative estimate of drug-likeness (QED) is 0.241. The molecule has 6 rings (SSSR count). The van der Waals surface area contributed by atoms with Gasteiger partial charge in [0.2, 0.25) is 5.91 Å². The van der Waals surface area contributed by atoms with Crippen LogP contribution in [-0.4, -0.2) is 38.6 Å². The number of imidazole rings is 1. The summed E-state index contributed by atoms with van der Waals surface area (Å²) in [5.41, 5.74) is 0.751. The van der Waals surface area contributed by atoms with Crippen molar-refractivity contribution in [3.8, 4) is 0 Å². The molecule has 1 aromatic heterocycles. The second kappa shape index (κ2) is 10.7. The molecule has 3 N–H and O–H groups in total. The normalized spacial score (nSPS) is 25.4. The summed E-state index contributed by atoms with van der Waals surface area (Å²) in [5, 5.41) is 16.8. The van der Waals surface area contributed by atoms with Crippen molar-refractivity contribution in [2.45, 2.75) is 37.3 Å². The first-order valence-electron chi connectivity index (χ1n) is 13.6. The third-order valence-electron chi connectivity index (χ3n) is 8.52. The van der Waals surface area contributed by atoms with Gasteiger partial charge < -0.3 is 20.3 Å². The molecule has 3 aromatic rings. The highest BCUT2D eigenvalue weighted by Crippen LogP contribution is 2.62. The molecule has 0 saturated heterocycles. The van der Waals surface area contributed by atoms with Crippen molar-refractivity contribution in [2.75, 3.05) is 11.9 Å². The molecule has 212 valence electrons. The van der Waals surface area contributed by atoms with E-state index < -0.39 is 29.2 Å². The lowest BCUT2D eigenvalue weighted by molar-refractivity contribution is -0.140. The van der Waals surface area contributed by atoms with Gasteiger partial charge in [-0.15, -0.1) is 0 Å². The first kappa shape index (κ1) is 27.7. The molecule has 41 heavy (non-hydrogen) atoms. The number of allylic oxidation sites excluding steroid dienone is 4. The Hall–Kier alpha value is -3.46. The minimum atomic E-state index is -1.24. The fourth-order valence-electron chi connectivity index (χ4n) is 6.49. The Morgan fingerprint density at radius 2 is 2.02 bits per heavy atom. The van der Waals surface area contributed by atoms with Gasteiger partial charge in [0.1, 0.15) is 17.2 Å². The first-order valence-corrected chi connectivity index (χ1v) is 14.4. The smallest absolute Gasteiger partial charge is 0.335 e. The molecular formula is C31H29Cl2FN4O3. The van der Waals surface area contributed by atoms with Gasteiger partial charge in [-0.25, -0.2) is 14.2 Å². The van der Waals surface area contributed by atoms with Crippen LogP contribution in [0.15, 0.2) is 78.1 Å². The van der Waals surface area contributed by atoms with Crippen LogP contribution in [0, 0.1) is 17.8 Å². The summed E-state index contributed by atoms with van der Waals surface area (Å²) in [6, 6.07) is 11.7. The molecule has 3 aliphatic rings. The highest BCUT2D eigenvalue weighted by molar-refractivity contribution is 6.31. The van der Waals surface area contributed by atoms with E-state index in [4.69, 9.17) is 28.2 Å². The van der Waals surface area contributed by atoms with Crippen LogP contribution in [0.1, 0.15) is 41.4 Å². The molecular weight excluding hydrogens is 566 g/mol. The van der Waals surface area contributed by atoms with E-state index in [0.717, 1.165) is 18.4 Å². The van der Waals surface area contributed by atoms with E-state index in [1.165, 1.54) is 24.3 Å². The largest absolute Gasteiger partial charge is 0.478 e. The van der Waals surface area contributed by atoms with E-state index in [-0.39, 0.29) is 22.4 Å². The molecule has 10 heteroatoms. The van der Waals surface area contributed by atoms with E-state index >= 15 is 4.39 Å². The van der Waals surface area contributed by atoms with Gasteiger partial charge in [0.15, 0.2) is 0 Å². The maximum atomic E-state index is 16.4. The molecule has 0 radical (unpaired) electrons. The van der Waals surface area contributed by atoms with Crippen molar-refractivity contribution in [1.29, 1.82) is 0 Å². The minimum Gasteiger partial charge on any atom is -0.478 e. The number of amides is 1. The van der Waals surface area contributed by atoms with Crippen molar-refractivity contribution in [3.05, 3.63) is 94.5 Å². The maximum absolute atomic E-state index is 16.4. The highest BCUT2D eigenvalue weighted by Gasteiger charge is 2.69. The Labute approximate surface area is 246 Å². The third kappa shape index (κ3) is 4.98. The molecule has 2 aliphatic carbocycles. The van der Waals surface area contributed by atoms with Crippen LogP contribution in [0.25, 0.3) is 11.0 Å². The summed E-state index contributed by atoms with van der Waals surface area (Å²) in [6.07, 6.45) is 7.06. The summed E-state index contributed by atoms with van der Waals surface area (Å²) in [6.45, 7) is 4.79. The van der Waals surface area contributed by atoms with Gasteiger partial charge in [0.05, 0.1) is 16.6 Å². The van der Waals surface area contributed by atoms with Crippen molar-refractivity contribution in [1.82, 2.24) is 14.9 Å². The number of hydrogen-bond donors (Lipinski definition) is 3. The molecule has 0 bridgehead atoms. The third-order valence-corrected chi connectivity index (χ3v) is 8.88. The SMILES string of the molecule is C=C(Cl)/C=C\C=C(/F)C1[C@@H]2c3nc4cc(C(=O)O)ccc4n3CC[C@@H]2C1(NCC1CC1)C(=O)Nc1cccc(Cl)c1. The van der Waals surface area contributed by atoms with Crippen molar-refractivity contribution in [3.63, 3.8) is 0 Å². The van der Waals surface area contributed by atoms with Crippen LogP contribution in [0.4, 0.5) is 10.1 Å². The molecule has 2 fully saturated rings. The van der Waals surface area contributed by atoms with Gasteiger partial charge in [-0.2, -0.15) is 0 Å². The van der Waals surface area contributed by atoms with Crippen LogP contribution < -0.4 is 10.6 Å². The Balaban J connectivity index is 1.46. The number of benzene rings is 2. The zero-order chi connectivity index (χ0) is 28.9. The molecule has 2 saturated carbocycles. The summed E-state index contributed by atoms with van der Waals surface area (Å²) in [7, 11) is 0. The summed E-state index contributed by atoms with van der Waals surface area (Å²) in [5.74, 6) is -2.27. The zero-order valence-electron chi connectivity index (χ0n) is 22.1. The number of rotatable bonds is 9. The lowest BCUT2D eigenvalue weighted by Crippen LogP contribution is -2.75. The van der Waals surface area contributed by atoms with Crippen molar-refractivity contribution >= 4 is 51.8 Å². The van der Waals surface area contributed by atoms with Gasteiger partial charge in [0.25, 0.3) is 0 Å². The molecule has 2 heterocycles. The number of carbonyl (C=O) groups excluding carboxylic acids is 1. The lowest BCUT2D eigenvalue weighted by atomic mass is 9.48. The molecule has 0 spiro atoms. The number of nitrogens with zero attached hydrogens (tertiary/aromatic N) is 2. The topological polar surface area (TPSA) is 96.2 Å². The van der Waals surface area contributed by atoms with E-state index in [2.05, 4.69) is 17.2 Å². The van der Waals surface area contributed by atoms with E-state index in [0.29, 0.717) is 47.5 Å². The number of anilines is 1. The number of aromatic nitrogens is 2. The van der Waals surface area contributed by atoms with E-state index in [1.54, 1.807) is 36.4 Å². The summed E-state index contributed by atoms with van der Waals surface area (Å²) >= 11 is 12.1. The standard InChI is InChI=1S/C31H29Cl2FN4O3/c1-17(32)4-2-7-23(34)27-26-22(12-13-38-25-11-10-19(29(39)40)14-24(25)37-28(26)38)31(27,35-16-18-8-9-18)30(41)36-21-6-3-5-20(33)15-21/h2-7,10-11,14-15,18,22,26-27,35H,1,8-9,12-13,16H2,(H,36,41)(H,39,40)/b4-2-,23-7-/t22-,26+,27?,31?/m0/s1. The number of aryl methyl sites for hydroxylation is 1. The molecule has 1 amide bonds. The number of fused-ring (bicyclic) bond motifs is 5. The average Bonchev–Trinajstić information content (AvgIpc) is 3.67. The van der Waals surface area contributed by atoms with Crippen LogP contribution in [0.3, 0.4) is 0 Å². The van der Waals surface area contributed by atoms with Crippen LogP contribution >= 0.6 is 23.2 Å². The summed E-state index contributed by atoms with van der Waals surface area (Å²) < 4.78 is 18.4. The number of carboxylic acid groups (broad SMARTS) is 1. The van der Waals surface area contributed by atoms with Gasteiger partial charge >= 0.3 is 5.97 Å². The molecule has 4 atom stereocenters. The fraction of sp³-hybridized carbons (Fsp3) is 0.323. The fourth-order valence-corrected chi connectivity index (χ4v) is 6.75. The van der Waals surface area contributed by atoms with Crippen LogP contribution in [0.2, 0.25) is 5.02 Å². The minimum absolute atomic E-state index is 0.133. The zero-order valence-corrected chi connectivity index (χ0v) is 23.6. The second-order valence-corrected chi connectivity index (χ2v) is 12.0. The van der Waals surface area contributed by atoms with Crippen LogP contribution in [-0.2, 0) is 11.3 Å². The number of carbonyl (C=O) groups is 2. The lowest BCUT2D eigenvalue weighted by Gasteiger charge is -2.61.